The van der Waals surface area contributed by atoms with Gasteiger partial charge in [0.25, 0.3) is 5.78 Å². The van der Waals surface area contributed by atoms with Crippen LogP contribution in [-0.2, 0) is 9.59 Å². The molecule has 1 aliphatic heterocycles. The number of thiazole rings is 1. The second-order valence-corrected chi connectivity index (χ2v) is 8.22. The van der Waals surface area contributed by atoms with Crippen molar-refractivity contribution in [3.8, 4) is 5.75 Å². The number of hydrogen-bond acceptors (Lipinski definition) is 7. The van der Waals surface area contributed by atoms with Crippen molar-refractivity contribution in [3.05, 3.63) is 77.1 Å². The average molecular weight is 450 g/mol. The monoisotopic (exact) mass is 449 g/mol. The van der Waals surface area contributed by atoms with Gasteiger partial charge in [-0.3, -0.25) is 19.5 Å². The van der Waals surface area contributed by atoms with Crippen molar-refractivity contribution < 1.29 is 19.4 Å². The van der Waals surface area contributed by atoms with Crippen LogP contribution in [0.15, 0.2) is 65.9 Å². The Hall–Kier alpha value is -3.52. The molecule has 1 unspecified atom stereocenters. The number of carbonyl (C=O) groups excluding carboxylic acids is 2. The summed E-state index contributed by atoms with van der Waals surface area (Å²) < 4.78 is 5.88. The molecule has 3 heterocycles. The van der Waals surface area contributed by atoms with Crippen LogP contribution in [0.4, 0.5) is 5.13 Å². The van der Waals surface area contributed by atoms with E-state index in [9.17, 15) is 14.7 Å². The third-order valence-corrected chi connectivity index (χ3v) is 5.98. The van der Waals surface area contributed by atoms with Crippen molar-refractivity contribution in [2.24, 2.45) is 0 Å². The van der Waals surface area contributed by atoms with Crippen molar-refractivity contribution in [1.29, 1.82) is 0 Å². The van der Waals surface area contributed by atoms with E-state index in [2.05, 4.69) is 16.9 Å². The number of nitrogens with zero attached hydrogens (tertiary/aromatic N) is 3. The Morgan fingerprint density at radius 3 is 2.69 bits per heavy atom. The van der Waals surface area contributed by atoms with Gasteiger partial charge in [0.2, 0.25) is 0 Å². The number of carbonyl (C=O) groups is 2. The number of Topliss-reactive ketones (excluding diaryl/α,β-unsaturated/α-hetero) is 1. The summed E-state index contributed by atoms with van der Waals surface area (Å²) in [5, 5.41) is 13.2. The third-order valence-electron chi connectivity index (χ3n) is 5.21. The summed E-state index contributed by atoms with van der Waals surface area (Å²) >= 11 is 1.25. The van der Waals surface area contributed by atoms with Crippen LogP contribution in [-0.4, -0.2) is 33.4 Å². The number of benzene rings is 1. The Kier molecular flexibility index (Phi) is 6.61. The van der Waals surface area contributed by atoms with Crippen molar-refractivity contribution in [2.75, 3.05) is 11.5 Å². The van der Waals surface area contributed by atoms with Crippen LogP contribution < -0.4 is 9.64 Å². The Bertz CT molecular complexity index is 1130. The number of aliphatic hydroxyl groups excluding tert-OH is 1. The van der Waals surface area contributed by atoms with Crippen LogP contribution in [0.3, 0.4) is 0 Å². The number of pyridine rings is 1. The molecule has 1 atom stereocenters. The summed E-state index contributed by atoms with van der Waals surface area (Å²) in [6.07, 6.45) is 7.74. The lowest BCUT2D eigenvalue weighted by molar-refractivity contribution is -0.132. The molecule has 1 fully saturated rings. The van der Waals surface area contributed by atoms with Gasteiger partial charge in [0, 0.05) is 29.5 Å². The molecule has 2 aromatic heterocycles. The average Bonchev–Trinajstić information content (AvgIpc) is 3.44. The van der Waals surface area contributed by atoms with Crippen molar-refractivity contribution in [1.82, 2.24) is 9.97 Å². The molecule has 0 radical (unpaired) electrons. The number of aliphatic hydroxyl groups is 1. The fraction of sp³-hybridized carbons (Fsp3) is 0.250. The predicted molar refractivity (Wildman–Crippen MR) is 123 cm³/mol. The highest BCUT2D eigenvalue weighted by atomic mass is 32.1. The SMILES string of the molecule is CCCCCOc1cccc(C2C(=C(O)c3ccncc3)C(=O)C(=O)N2c2nccs2)c1. The summed E-state index contributed by atoms with van der Waals surface area (Å²) in [5.74, 6) is -1.08. The van der Waals surface area contributed by atoms with Gasteiger partial charge in [0.1, 0.15) is 11.5 Å². The number of amides is 1. The van der Waals surface area contributed by atoms with E-state index in [1.807, 2.05) is 24.3 Å². The van der Waals surface area contributed by atoms with Crippen molar-refractivity contribution in [2.45, 2.75) is 32.2 Å². The van der Waals surface area contributed by atoms with Gasteiger partial charge in [0.05, 0.1) is 18.2 Å². The number of ketones is 1. The summed E-state index contributed by atoms with van der Waals surface area (Å²) in [4.78, 5) is 35.6. The topological polar surface area (TPSA) is 92.6 Å². The molecular formula is C24H23N3O4S. The maximum Gasteiger partial charge on any atom is 0.301 e. The summed E-state index contributed by atoms with van der Waals surface area (Å²) in [5.41, 5.74) is 1.08. The minimum absolute atomic E-state index is 0.0135. The van der Waals surface area contributed by atoms with Crippen LogP contribution in [0.1, 0.15) is 43.4 Å². The molecule has 164 valence electrons. The molecule has 0 spiro atoms. The molecule has 0 aliphatic carbocycles. The highest BCUT2D eigenvalue weighted by Crippen LogP contribution is 2.43. The first-order valence-corrected chi connectivity index (χ1v) is 11.3. The standard InChI is InChI=1S/C24H23N3O4S/c1-2-3-4-13-31-18-7-5-6-17(15-18)20-19(21(28)16-8-10-25-11-9-16)22(29)23(30)27(20)24-26-12-14-32-24/h5-12,14-15,20,28H,2-4,13H2,1H3. The number of aromatic nitrogens is 2. The van der Waals surface area contributed by atoms with Gasteiger partial charge in [-0.05, 0) is 36.2 Å². The maximum absolute atomic E-state index is 13.1. The first-order valence-electron chi connectivity index (χ1n) is 10.5. The Labute approximate surface area is 190 Å². The Morgan fingerprint density at radius 1 is 1.16 bits per heavy atom. The summed E-state index contributed by atoms with van der Waals surface area (Å²) in [6, 6.07) is 9.65. The quantitative estimate of drug-likeness (QED) is 0.231. The van der Waals surface area contributed by atoms with Gasteiger partial charge >= 0.3 is 5.91 Å². The van der Waals surface area contributed by atoms with E-state index in [1.165, 1.54) is 28.6 Å². The molecule has 4 rings (SSSR count). The smallest absolute Gasteiger partial charge is 0.301 e. The van der Waals surface area contributed by atoms with Crippen LogP contribution in [0.2, 0.25) is 0 Å². The Balaban J connectivity index is 1.79. The minimum atomic E-state index is -0.825. The Morgan fingerprint density at radius 2 is 1.97 bits per heavy atom. The van der Waals surface area contributed by atoms with E-state index >= 15 is 0 Å². The van der Waals surface area contributed by atoms with Gasteiger partial charge in [0.15, 0.2) is 5.13 Å². The molecule has 1 aromatic carbocycles. The molecular weight excluding hydrogens is 426 g/mol. The highest BCUT2D eigenvalue weighted by Gasteiger charge is 2.48. The van der Waals surface area contributed by atoms with E-state index < -0.39 is 17.7 Å². The van der Waals surface area contributed by atoms with E-state index in [0.717, 1.165) is 19.3 Å². The molecule has 7 nitrogen and oxygen atoms in total. The number of ether oxygens (including phenoxy) is 1. The number of rotatable bonds is 8. The highest BCUT2D eigenvalue weighted by molar-refractivity contribution is 7.14. The van der Waals surface area contributed by atoms with Crippen LogP contribution in [0.25, 0.3) is 5.76 Å². The number of anilines is 1. The lowest BCUT2D eigenvalue weighted by Gasteiger charge is -2.23. The maximum atomic E-state index is 13.1. The second-order valence-electron chi connectivity index (χ2n) is 7.35. The molecule has 1 N–H and O–H groups in total. The van der Waals surface area contributed by atoms with Gasteiger partial charge in [-0.25, -0.2) is 4.98 Å². The molecule has 1 aliphatic rings. The van der Waals surface area contributed by atoms with Crippen LogP contribution in [0.5, 0.6) is 5.75 Å². The normalized spacial score (nSPS) is 17.7. The molecule has 3 aromatic rings. The summed E-state index contributed by atoms with van der Waals surface area (Å²) in [7, 11) is 0. The van der Waals surface area contributed by atoms with Gasteiger partial charge in [-0.15, -0.1) is 11.3 Å². The van der Waals surface area contributed by atoms with E-state index in [-0.39, 0.29) is 11.3 Å². The first kappa shape index (κ1) is 21.7. The first-order chi connectivity index (χ1) is 15.6. The molecule has 8 heteroatoms. The zero-order chi connectivity index (χ0) is 22.5. The van der Waals surface area contributed by atoms with Gasteiger partial charge in [-0.2, -0.15) is 0 Å². The predicted octanol–water partition coefficient (Wildman–Crippen LogP) is 4.73. The number of unbranched alkanes of at least 4 members (excludes halogenated alkanes) is 2. The number of hydrogen-bond donors (Lipinski definition) is 1. The largest absolute Gasteiger partial charge is 0.507 e. The zero-order valence-corrected chi connectivity index (χ0v) is 18.4. The molecule has 1 saturated heterocycles. The molecule has 32 heavy (non-hydrogen) atoms. The van der Waals surface area contributed by atoms with E-state index in [4.69, 9.17) is 4.74 Å². The minimum Gasteiger partial charge on any atom is -0.507 e. The lowest BCUT2D eigenvalue weighted by Crippen LogP contribution is -2.29. The van der Waals surface area contributed by atoms with E-state index in [0.29, 0.717) is 28.6 Å². The van der Waals surface area contributed by atoms with Gasteiger partial charge < -0.3 is 9.84 Å². The second kappa shape index (κ2) is 9.74. The van der Waals surface area contributed by atoms with Gasteiger partial charge in [-0.1, -0.05) is 31.9 Å². The summed E-state index contributed by atoms with van der Waals surface area (Å²) in [6.45, 7) is 2.71. The lowest BCUT2D eigenvalue weighted by atomic mass is 9.95. The zero-order valence-electron chi connectivity index (χ0n) is 17.6. The van der Waals surface area contributed by atoms with Crippen LogP contribution >= 0.6 is 11.3 Å². The molecule has 0 saturated carbocycles. The van der Waals surface area contributed by atoms with Crippen LogP contribution in [0, 0.1) is 0 Å². The molecule has 0 bridgehead atoms. The third kappa shape index (κ3) is 4.27. The molecule has 1 amide bonds. The fourth-order valence-corrected chi connectivity index (χ4v) is 4.33. The van der Waals surface area contributed by atoms with Crippen molar-refractivity contribution >= 4 is 33.9 Å². The fourth-order valence-electron chi connectivity index (χ4n) is 3.66. The van der Waals surface area contributed by atoms with Crippen molar-refractivity contribution in [3.63, 3.8) is 0 Å². The van der Waals surface area contributed by atoms with E-state index in [1.54, 1.807) is 23.7 Å².